The second kappa shape index (κ2) is 7.17. The van der Waals surface area contributed by atoms with Crippen molar-refractivity contribution in [3.8, 4) is 0 Å². The molecule has 0 aliphatic carbocycles. The van der Waals surface area contributed by atoms with Crippen molar-refractivity contribution in [1.82, 2.24) is 15.1 Å². The summed E-state index contributed by atoms with van der Waals surface area (Å²) < 4.78 is 2.01. The van der Waals surface area contributed by atoms with Gasteiger partial charge in [-0.3, -0.25) is 4.90 Å². The van der Waals surface area contributed by atoms with Crippen LogP contribution in [0.4, 0.5) is 11.5 Å². The van der Waals surface area contributed by atoms with Crippen molar-refractivity contribution in [2.24, 2.45) is 0 Å². The molecule has 0 saturated carbocycles. The number of nitrogens with one attached hydrogen (secondary N) is 2. The summed E-state index contributed by atoms with van der Waals surface area (Å²) in [6, 6.07) is 22.6. The fourth-order valence-electron chi connectivity index (χ4n) is 3.21. The molecule has 0 bridgehead atoms. The van der Waals surface area contributed by atoms with Gasteiger partial charge in [-0.2, -0.15) is 5.10 Å². The third-order valence-electron chi connectivity index (χ3n) is 4.40. The minimum atomic E-state index is 0.0375. The lowest BCUT2D eigenvalue weighted by Gasteiger charge is -2.26. The van der Waals surface area contributed by atoms with Gasteiger partial charge in [0, 0.05) is 11.8 Å². The van der Waals surface area contributed by atoms with Gasteiger partial charge in [0.05, 0.1) is 18.8 Å². The Morgan fingerprint density at radius 1 is 1.12 bits per heavy atom. The maximum absolute atomic E-state index is 5.51. The lowest BCUT2D eigenvalue weighted by molar-refractivity contribution is 0.669. The van der Waals surface area contributed by atoms with Gasteiger partial charge in [0.15, 0.2) is 5.11 Å². The Morgan fingerprint density at radius 2 is 1.81 bits per heavy atom. The average molecular weight is 363 g/mol. The van der Waals surface area contributed by atoms with Gasteiger partial charge in [0.2, 0.25) is 0 Å². The normalized spacial score (nSPS) is 16.6. The molecule has 1 saturated heterocycles. The van der Waals surface area contributed by atoms with Crippen LogP contribution in [-0.2, 0) is 6.54 Å². The van der Waals surface area contributed by atoms with E-state index in [1.54, 1.807) is 0 Å². The first-order chi connectivity index (χ1) is 12.7. The smallest absolute Gasteiger partial charge is 0.175 e. The monoisotopic (exact) mass is 363 g/mol. The highest BCUT2D eigenvalue weighted by atomic mass is 32.1. The summed E-state index contributed by atoms with van der Waals surface area (Å²) in [5.74, 6) is 0.990. The molecule has 26 heavy (non-hydrogen) atoms. The molecule has 4 rings (SSSR count). The Bertz CT molecular complexity index is 891. The third kappa shape index (κ3) is 3.41. The third-order valence-corrected chi connectivity index (χ3v) is 4.74. The number of hydrogen-bond acceptors (Lipinski definition) is 3. The predicted molar refractivity (Wildman–Crippen MR) is 109 cm³/mol. The Kier molecular flexibility index (Phi) is 4.58. The lowest BCUT2D eigenvalue weighted by atomic mass is 10.2. The number of rotatable bonds is 5. The number of hydrogen-bond donors (Lipinski definition) is 2. The molecule has 0 spiro atoms. The zero-order valence-corrected chi connectivity index (χ0v) is 15.4. The van der Waals surface area contributed by atoms with Crippen LogP contribution in [-0.4, -0.2) is 27.6 Å². The Labute approximate surface area is 158 Å². The van der Waals surface area contributed by atoms with E-state index in [1.165, 1.54) is 5.56 Å². The molecule has 2 heterocycles. The van der Waals surface area contributed by atoms with Crippen molar-refractivity contribution in [1.29, 1.82) is 0 Å². The molecule has 3 aromatic rings. The standard InChI is InChI=1S/C20H21N5S/c1-15-12-18(24(23-15)14-16-8-4-2-5-9-16)22-19-13-21-20(26)25(19)17-10-6-3-7-11-17/h2-12,19,22H,13-14H2,1H3,(H,21,26). The van der Waals surface area contributed by atoms with Crippen LogP contribution in [0.5, 0.6) is 0 Å². The van der Waals surface area contributed by atoms with Crippen LogP contribution in [0, 0.1) is 6.92 Å². The highest BCUT2D eigenvalue weighted by molar-refractivity contribution is 7.80. The number of aryl methyl sites for hydroxylation is 1. The van der Waals surface area contributed by atoms with Crippen LogP contribution in [0.2, 0.25) is 0 Å². The van der Waals surface area contributed by atoms with Gasteiger partial charge in [0.25, 0.3) is 0 Å². The van der Waals surface area contributed by atoms with E-state index in [2.05, 4.69) is 63.1 Å². The maximum atomic E-state index is 5.51. The first-order valence-electron chi connectivity index (χ1n) is 8.68. The van der Waals surface area contributed by atoms with Gasteiger partial charge < -0.3 is 10.6 Å². The van der Waals surface area contributed by atoms with Crippen LogP contribution in [0.3, 0.4) is 0 Å². The molecule has 1 atom stereocenters. The summed E-state index contributed by atoms with van der Waals surface area (Å²) in [6.07, 6.45) is 0.0375. The molecule has 1 aromatic heterocycles. The van der Waals surface area contributed by atoms with Gasteiger partial charge in [-0.05, 0) is 36.8 Å². The molecule has 1 fully saturated rings. The zero-order valence-electron chi connectivity index (χ0n) is 14.6. The van der Waals surface area contributed by atoms with Gasteiger partial charge in [0.1, 0.15) is 12.0 Å². The van der Waals surface area contributed by atoms with E-state index in [0.717, 1.165) is 35.4 Å². The molecular formula is C20H21N5S. The van der Waals surface area contributed by atoms with Crippen molar-refractivity contribution >= 4 is 28.8 Å². The van der Waals surface area contributed by atoms with Crippen LogP contribution >= 0.6 is 12.2 Å². The SMILES string of the molecule is Cc1cc(NC2CNC(=S)N2c2ccccc2)n(Cc2ccccc2)n1. The van der Waals surface area contributed by atoms with Crippen LogP contribution in [0.15, 0.2) is 66.7 Å². The highest BCUT2D eigenvalue weighted by Gasteiger charge is 2.29. The molecule has 1 aliphatic rings. The van der Waals surface area contributed by atoms with E-state index in [-0.39, 0.29) is 6.17 Å². The number of thiocarbonyl (C=S) groups is 1. The first kappa shape index (κ1) is 16.6. The summed E-state index contributed by atoms with van der Waals surface area (Å²) in [7, 11) is 0. The van der Waals surface area contributed by atoms with Crippen molar-refractivity contribution in [2.45, 2.75) is 19.6 Å². The Morgan fingerprint density at radius 3 is 2.54 bits per heavy atom. The molecule has 1 unspecified atom stereocenters. The summed E-state index contributed by atoms with van der Waals surface area (Å²) >= 11 is 5.51. The highest BCUT2D eigenvalue weighted by Crippen LogP contribution is 2.22. The summed E-state index contributed by atoms with van der Waals surface area (Å²) in [6.45, 7) is 3.48. The van der Waals surface area contributed by atoms with Crippen molar-refractivity contribution in [2.75, 3.05) is 16.8 Å². The van der Waals surface area contributed by atoms with Gasteiger partial charge in [-0.15, -0.1) is 0 Å². The van der Waals surface area contributed by atoms with Crippen LogP contribution in [0.1, 0.15) is 11.3 Å². The van der Waals surface area contributed by atoms with Gasteiger partial charge >= 0.3 is 0 Å². The van der Waals surface area contributed by atoms with Crippen molar-refractivity contribution < 1.29 is 0 Å². The number of anilines is 2. The maximum Gasteiger partial charge on any atom is 0.175 e. The minimum Gasteiger partial charge on any atom is -0.358 e. The van der Waals surface area contributed by atoms with E-state index in [0.29, 0.717) is 0 Å². The minimum absolute atomic E-state index is 0.0375. The zero-order chi connectivity index (χ0) is 17.9. The molecule has 0 amide bonds. The second-order valence-electron chi connectivity index (χ2n) is 6.37. The molecule has 2 N–H and O–H groups in total. The molecule has 1 aliphatic heterocycles. The number of nitrogens with zero attached hydrogens (tertiary/aromatic N) is 3. The van der Waals surface area contributed by atoms with Gasteiger partial charge in [-0.25, -0.2) is 4.68 Å². The molecule has 0 radical (unpaired) electrons. The second-order valence-corrected chi connectivity index (χ2v) is 6.75. The molecule has 132 valence electrons. The number of para-hydroxylation sites is 1. The Balaban J connectivity index is 1.58. The van der Waals surface area contributed by atoms with Gasteiger partial charge in [-0.1, -0.05) is 48.5 Å². The molecule has 2 aromatic carbocycles. The quantitative estimate of drug-likeness (QED) is 0.681. The molecule has 5 nitrogen and oxygen atoms in total. The Hall–Kier alpha value is -2.86. The fourth-order valence-corrected chi connectivity index (χ4v) is 3.53. The van der Waals surface area contributed by atoms with E-state index < -0.39 is 0 Å². The van der Waals surface area contributed by atoms with E-state index in [4.69, 9.17) is 12.2 Å². The van der Waals surface area contributed by atoms with Crippen LogP contribution < -0.4 is 15.5 Å². The average Bonchev–Trinajstić information content (AvgIpc) is 3.19. The summed E-state index contributed by atoms with van der Waals surface area (Å²) in [5, 5.41) is 12.3. The van der Waals surface area contributed by atoms with E-state index in [1.807, 2.05) is 35.9 Å². The van der Waals surface area contributed by atoms with E-state index >= 15 is 0 Å². The summed E-state index contributed by atoms with van der Waals surface area (Å²) in [5.41, 5.74) is 3.28. The van der Waals surface area contributed by atoms with Crippen molar-refractivity contribution in [3.63, 3.8) is 0 Å². The molecule has 6 heteroatoms. The number of aromatic nitrogens is 2. The topological polar surface area (TPSA) is 45.1 Å². The van der Waals surface area contributed by atoms with Crippen molar-refractivity contribution in [3.05, 3.63) is 78.0 Å². The molecular weight excluding hydrogens is 342 g/mol. The number of benzene rings is 2. The van der Waals surface area contributed by atoms with Crippen LogP contribution in [0.25, 0.3) is 0 Å². The lowest BCUT2D eigenvalue weighted by Crippen LogP contribution is -2.39. The summed E-state index contributed by atoms with van der Waals surface area (Å²) in [4.78, 5) is 2.12. The van der Waals surface area contributed by atoms with E-state index in [9.17, 15) is 0 Å². The predicted octanol–water partition coefficient (Wildman–Crippen LogP) is 3.37. The fraction of sp³-hybridized carbons (Fsp3) is 0.200. The first-order valence-corrected chi connectivity index (χ1v) is 9.08. The largest absolute Gasteiger partial charge is 0.358 e.